The van der Waals surface area contributed by atoms with Gasteiger partial charge in [-0.3, -0.25) is 9.97 Å². The molecule has 1 atom stereocenters. The lowest BCUT2D eigenvalue weighted by molar-refractivity contribution is 0.169. The number of fused-ring (bicyclic) bond motifs is 1. The SMILES string of the molecule is N#Cc1ccc(N2CC(CN3CCC4(CCCCC4)C3)C3(CC3)C2)c2nccnc12. The molecule has 5 nitrogen and oxygen atoms in total. The van der Waals surface area contributed by atoms with Crippen molar-refractivity contribution < 1.29 is 0 Å². The van der Waals surface area contributed by atoms with Crippen LogP contribution in [0.3, 0.4) is 0 Å². The van der Waals surface area contributed by atoms with E-state index in [9.17, 15) is 5.26 Å². The van der Waals surface area contributed by atoms with E-state index in [1.165, 1.54) is 71.0 Å². The van der Waals surface area contributed by atoms with Crippen LogP contribution in [0.5, 0.6) is 0 Å². The summed E-state index contributed by atoms with van der Waals surface area (Å²) < 4.78 is 0. The van der Waals surface area contributed by atoms with E-state index in [0.29, 0.717) is 16.4 Å². The number of hydrogen-bond acceptors (Lipinski definition) is 5. The summed E-state index contributed by atoms with van der Waals surface area (Å²) in [6.07, 6.45) is 14.9. The molecule has 2 spiro atoms. The van der Waals surface area contributed by atoms with Gasteiger partial charge in [0.05, 0.1) is 11.3 Å². The molecule has 6 rings (SSSR count). The first kappa shape index (κ1) is 18.6. The van der Waals surface area contributed by atoms with Gasteiger partial charge in [0.15, 0.2) is 0 Å². The van der Waals surface area contributed by atoms with Gasteiger partial charge < -0.3 is 9.80 Å². The van der Waals surface area contributed by atoms with Crippen LogP contribution in [0.15, 0.2) is 24.5 Å². The van der Waals surface area contributed by atoms with Gasteiger partial charge in [-0.2, -0.15) is 5.26 Å². The first-order valence-corrected chi connectivity index (χ1v) is 11.8. The highest BCUT2D eigenvalue weighted by Gasteiger charge is 2.55. The molecule has 156 valence electrons. The molecule has 1 aromatic carbocycles. The standard InChI is InChI=1S/C25H31N5/c26-14-19-4-5-21(23-22(19)27-11-12-28-23)30-16-20(25(18-30)8-9-25)15-29-13-10-24(17-29)6-2-1-3-7-24/h4-5,11-12,20H,1-3,6-10,13,15-18H2. The summed E-state index contributed by atoms with van der Waals surface area (Å²) >= 11 is 0. The summed E-state index contributed by atoms with van der Waals surface area (Å²) in [5, 5.41) is 9.45. The summed E-state index contributed by atoms with van der Waals surface area (Å²) in [5.41, 5.74) is 4.56. The summed E-state index contributed by atoms with van der Waals surface area (Å²) in [6.45, 7) is 6.15. The second-order valence-corrected chi connectivity index (χ2v) is 10.5. The molecule has 2 aliphatic carbocycles. The largest absolute Gasteiger partial charge is 0.369 e. The third kappa shape index (κ3) is 3.00. The average molecular weight is 402 g/mol. The number of rotatable bonds is 3. The van der Waals surface area contributed by atoms with Gasteiger partial charge in [0.25, 0.3) is 0 Å². The number of nitrogens with zero attached hydrogens (tertiary/aromatic N) is 5. The number of benzene rings is 1. The van der Waals surface area contributed by atoms with Gasteiger partial charge in [0.1, 0.15) is 17.1 Å². The second kappa shape index (κ2) is 6.92. The Morgan fingerprint density at radius 2 is 1.77 bits per heavy atom. The Kier molecular flexibility index (Phi) is 4.28. The molecule has 2 aliphatic heterocycles. The predicted octanol–water partition coefficient (Wildman–Crippen LogP) is 4.37. The summed E-state index contributed by atoms with van der Waals surface area (Å²) in [7, 11) is 0. The van der Waals surface area contributed by atoms with E-state index in [1.54, 1.807) is 12.4 Å². The van der Waals surface area contributed by atoms with Gasteiger partial charge in [0.2, 0.25) is 0 Å². The minimum absolute atomic E-state index is 0.505. The fourth-order valence-corrected chi connectivity index (χ4v) is 6.79. The zero-order valence-corrected chi connectivity index (χ0v) is 17.8. The molecule has 1 aromatic heterocycles. The highest BCUT2D eigenvalue weighted by Crippen LogP contribution is 2.58. The van der Waals surface area contributed by atoms with Gasteiger partial charge >= 0.3 is 0 Å². The number of nitriles is 1. The van der Waals surface area contributed by atoms with E-state index in [4.69, 9.17) is 0 Å². The Morgan fingerprint density at radius 3 is 2.53 bits per heavy atom. The molecule has 0 bridgehead atoms. The van der Waals surface area contributed by atoms with Crippen LogP contribution < -0.4 is 4.90 Å². The van der Waals surface area contributed by atoms with Crippen LogP contribution in [0.2, 0.25) is 0 Å². The number of likely N-dealkylation sites (tertiary alicyclic amines) is 1. The lowest BCUT2D eigenvalue weighted by atomic mass is 9.73. The zero-order valence-electron chi connectivity index (χ0n) is 17.8. The van der Waals surface area contributed by atoms with Crippen molar-refractivity contribution in [2.75, 3.05) is 37.6 Å². The second-order valence-electron chi connectivity index (χ2n) is 10.5. The fourth-order valence-electron chi connectivity index (χ4n) is 6.79. The number of anilines is 1. The van der Waals surface area contributed by atoms with E-state index in [-0.39, 0.29) is 0 Å². The van der Waals surface area contributed by atoms with Crippen LogP contribution in [0.4, 0.5) is 5.69 Å². The maximum atomic E-state index is 9.45. The third-order valence-electron chi connectivity index (χ3n) is 8.68. The van der Waals surface area contributed by atoms with Gasteiger partial charge in [-0.1, -0.05) is 19.3 Å². The smallest absolute Gasteiger partial charge is 0.113 e. The molecule has 2 saturated heterocycles. The van der Waals surface area contributed by atoms with E-state index in [1.807, 2.05) is 6.07 Å². The predicted molar refractivity (Wildman–Crippen MR) is 118 cm³/mol. The maximum absolute atomic E-state index is 9.45. The van der Waals surface area contributed by atoms with Crippen molar-refractivity contribution >= 4 is 16.7 Å². The Balaban J connectivity index is 1.22. The van der Waals surface area contributed by atoms with Crippen LogP contribution >= 0.6 is 0 Å². The zero-order chi connectivity index (χ0) is 20.2. The van der Waals surface area contributed by atoms with Crippen molar-refractivity contribution in [1.82, 2.24) is 14.9 Å². The normalized spacial score (nSPS) is 27.2. The minimum atomic E-state index is 0.505. The molecule has 1 unspecified atom stereocenters. The highest BCUT2D eigenvalue weighted by atomic mass is 15.2. The first-order chi connectivity index (χ1) is 14.7. The van der Waals surface area contributed by atoms with Crippen molar-refractivity contribution in [3.05, 3.63) is 30.1 Å². The summed E-state index contributed by atoms with van der Waals surface area (Å²) in [6, 6.07) is 6.30. The van der Waals surface area contributed by atoms with Crippen molar-refractivity contribution in [2.24, 2.45) is 16.7 Å². The van der Waals surface area contributed by atoms with E-state index in [2.05, 4.69) is 31.9 Å². The van der Waals surface area contributed by atoms with Gasteiger partial charge in [0, 0.05) is 38.6 Å². The van der Waals surface area contributed by atoms with E-state index >= 15 is 0 Å². The first-order valence-electron chi connectivity index (χ1n) is 11.8. The Hall–Kier alpha value is -2.19. The molecule has 3 heterocycles. The molecule has 4 fully saturated rings. The monoisotopic (exact) mass is 401 g/mol. The average Bonchev–Trinajstić information content (AvgIpc) is 3.34. The summed E-state index contributed by atoms with van der Waals surface area (Å²) in [4.78, 5) is 14.4. The van der Waals surface area contributed by atoms with Crippen molar-refractivity contribution in [1.29, 1.82) is 5.26 Å². The number of hydrogen-bond donors (Lipinski definition) is 0. The molecular formula is C25H31N5. The van der Waals surface area contributed by atoms with Gasteiger partial charge in [-0.15, -0.1) is 0 Å². The quantitative estimate of drug-likeness (QED) is 0.764. The lowest BCUT2D eigenvalue weighted by Crippen LogP contribution is -2.35. The van der Waals surface area contributed by atoms with Gasteiger partial charge in [-0.05, 0) is 67.5 Å². The van der Waals surface area contributed by atoms with E-state index < -0.39 is 0 Å². The fraction of sp³-hybridized carbons (Fsp3) is 0.640. The van der Waals surface area contributed by atoms with Crippen LogP contribution in [-0.4, -0.2) is 47.6 Å². The van der Waals surface area contributed by atoms with Gasteiger partial charge in [-0.25, -0.2) is 0 Å². The molecule has 0 N–H and O–H groups in total. The third-order valence-corrected chi connectivity index (χ3v) is 8.68. The van der Waals surface area contributed by atoms with Crippen LogP contribution in [0.1, 0.15) is 56.9 Å². The van der Waals surface area contributed by atoms with Crippen molar-refractivity contribution in [3.63, 3.8) is 0 Å². The Morgan fingerprint density at radius 1 is 0.967 bits per heavy atom. The molecule has 30 heavy (non-hydrogen) atoms. The lowest BCUT2D eigenvalue weighted by Gasteiger charge is -2.34. The molecule has 5 heteroatoms. The van der Waals surface area contributed by atoms with Crippen molar-refractivity contribution in [3.8, 4) is 6.07 Å². The molecule has 0 radical (unpaired) electrons. The molecule has 2 aromatic rings. The molecule has 4 aliphatic rings. The maximum Gasteiger partial charge on any atom is 0.113 e. The Bertz CT molecular complexity index is 998. The van der Waals surface area contributed by atoms with Crippen LogP contribution in [-0.2, 0) is 0 Å². The minimum Gasteiger partial charge on any atom is -0.369 e. The molecule has 0 amide bonds. The van der Waals surface area contributed by atoms with E-state index in [0.717, 1.165) is 35.7 Å². The Labute approximate surface area is 179 Å². The topological polar surface area (TPSA) is 56.1 Å². The number of aromatic nitrogens is 2. The van der Waals surface area contributed by atoms with Crippen LogP contribution in [0, 0.1) is 28.1 Å². The van der Waals surface area contributed by atoms with Crippen molar-refractivity contribution in [2.45, 2.75) is 51.4 Å². The molecule has 2 saturated carbocycles. The summed E-state index contributed by atoms with van der Waals surface area (Å²) in [5.74, 6) is 0.749. The highest BCUT2D eigenvalue weighted by molar-refractivity contribution is 5.92. The van der Waals surface area contributed by atoms with Crippen LogP contribution in [0.25, 0.3) is 11.0 Å². The molecular weight excluding hydrogens is 370 g/mol.